The number of aryl methyl sites for hydroxylation is 1. The van der Waals surface area contributed by atoms with Crippen molar-refractivity contribution < 1.29 is 13.9 Å². The fourth-order valence-corrected chi connectivity index (χ4v) is 2.82. The maximum absolute atomic E-state index is 11.4. The topological polar surface area (TPSA) is 77.5 Å². The molecule has 0 aromatic carbocycles. The number of carbonyl (C=O) groups excluding carboxylic acids is 1. The lowest BCUT2D eigenvalue weighted by Crippen LogP contribution is -2.29. The van der Waals surface area contributed by atoms with Gasteiger partial charge in [0.2, 0.25) is 0 Å². The minimum Gasteiger partial charge on any atom is -0.456 e. The molecule has 1 heterocycles. The lowest BCUT2D eigenvalue weighted by Gasteiger charge is -2.28. The van der Waals surface area contributed by atoms with Crippen LogP contribution in [0.25, 0.3) is 0 Å². The third kappa shape index (κ3) is 3.61. The highest BCUT2D eigenvalue weighted by Gasteiger charge is 2.22. The summed E-state index contributed by atoms with van der Waals surface area (Å²) in [7, 11) is 0. The SMILES string of the molecule is CCC1CCCC(OCc2cc(C(=O)NN)oc2C)C1. The van der Waals surface area contributed by atoms with Crippen LogP contribution in [-0.4, -0.2) is 12.0 Å². The van der Waals surface area contributed by atoms with Crippen molar-refractivity contribution in [3.05, 3.63) is 23.2 Å². The average molecular weight is 280 g/mol. The molecule has 1 aliphatic carbocycles. The average Bonchev–Trinajstić information content (AvgIpc) is 2.85. The number of carbonyl (C=O) groups is 1. The van der Waals surface area contributed by atoms with Crippen LogP contribution in [0.3, 0.4) is 0 Å². The molecule has 2 unspecified atom stereocenters. The van der Waals surface area contributed by atoms with Gasteiger partial charge in [0.1, 0.15) is 5.76 Å². The van der Waals surface area contributed by atoms with Crippen LogP contribution >= 0.6 is 0 Å². The number of amides is 1. The fraction of sp³-hybridized carbons (Fsp3) is 0.667. The molecular formula is C15H24N2O3. The summed E-state index contributed by atoms with van der Waals surface area (Å²) in [5.41, 5.74) is 2.99. The summed E-state index contributed by atoms with van der Waals surface area (Å²) in [5.74, 6) is 6.42. The van der Waals surface area contributed by atoms with Crippen molar-refractivity contribution in [2.45, 2.75) is 58.7 Å². The number of hydrazine groups is 1. The van der Waals surface area contributed by atoms with E-state index >= 15 is 0 Å². The molecule has 5 heteroatoms. The Labute approximate surface area is 119 Å². The van der Waals surface area contributed by atoms with Gasteiger partial charge >= 0.3 is 5.91 Å². The van der Waals surface area contributed by atoms with Crippen molar-refractivity contribution in [3.8, 4) is 0 Å². The molecule has 0 bridgehead atoms. The second-order valence-electron chi connectivity index (χ2n) is 5.54. The minimum atomic E-state index is -0.414. The van der Waals surface area contributed by atoms with E-state index in [4.69, 9.17) is 15.0 Å². The van der Waals surface area contributed by atoms with Gasteiger partial charge in [0.15, 0.2) is 5.76 Å². The second-order valence-corrected chi connectivity index (χ2v) is 5.54. The number of hydrogen-bond acceptors (Lipinski definition) is 4. The van der Waals surface area contributed by atoms with Crippen molar-refractivity contribution in [1.29, 1.82) is 0 Å². The van der Waals surface area contributed by atoms with Crippen LogP contribution < -0.4 is 11.3 Å². The first-order valence-corrected chi connectivity index (χ1v) is 7.35. The smallest absolute Gasteiger partial charge is 0.300 e. The lowest BCUT2D eigenvalue weighted by atomic mass is 9.85. The highest BCUT2D eigenvalue weighted by atomic mass is 16.5. The molecule has 0 spiro atoms. The Morgan fingerprint density at radius 1 is 1.55 bits per heavy atom. The Hall–Kier alpha value is -1.33. The third-order valence-corrected chi connectivity index (χ3v) is 4.16. The number of nitrogens with two attached hydrogens (primary N) is 1. The first-order valence-electron chi connectivity index (χ1n) is 7.35. The molecule has 20 heavy (non-hydrogen) atoms. The van der Waals surface area contributed by atoms with Crippen LogP contribution in [0.1, 0.15) is 60.9 Å². The van der Waals surface area contributed by atoms with E-state index in [-0.39, 0.29) is 5.76 Å². The van der Waals surface area contributed by atoms with Crippen molar-refractivity contribution in [3.63, 3.8) is 0 Å². The van der Waals surface area contributed by atoms with Crippen molar-refractivity contribution in [2.24, 2.45) is 11.8 Å². The van der Waals surface area contributed by atoms with E-state index in [1.54, 1.807) is 6.07 Å². The molecule has 5 nitrogen and oxygen atoms in total. The zero-order valence-corrected chi connectivity index (χ0v) is 12.3. The van der Waals surface area contributed by atoms with Gasteiger partial charge in [0.05, 0.1) is 12.7 Å². The number of hydrogen-bond donors (Lipinski definition) is 2. The molecule has 1 fully saturated rings. The Morgan fingerprint density at radius 2 is 2.35 bits per heavy atom. The zero-order valence-electron chi connectivity index (χ0n) is 12.3. The molecule has 3 N–H and O–H groups in total. The molecule has 1 aliphatic rings. The van der Waals surface area contributed by atoms with Crippen LogP contribution in [0.15, 0.2) is 10.5 Å². The molecule has 2 atom stereocenters. The van der Waals surface area contributed by atoms with Crippen LogP contribution in [0.5, 0.6) is 0 Å². The normalized spacial score (nSPS) is 22.8. The van der Waals surface area contributed by atoms with Gasteiger partial charge in [-0.1, -0.05) is 26.2 Å². The largest absolute Gasteiger partial charge is 0.456 e. The molecule has 1 aromatic heterocycles. The maximum Gasteiger partial charge on any atom is 0.300 e. The highest BCUT2D eigenvalue weighted by molar-refractivity contribution is 5.91. The van der Waals surface area contributed by atoms with Crippen molar-refractivity contribution in [2.75, 3.05) is 0 Å². The number of rotatable bonds is 5. The summed E-state index contributed by atoms with van der Waals surface area (Å²) in [6, 6.07) is 1.71. The van der Waals surface area contributed by atoms with E-state index in [2.05, 4.69) is 12.3 Å². The van der Waals surface area contributed by atoms with Gasteiger partial charge in [-0.2, -0.15) is 0 Å². The van der Waals surface area contributed by atoms with Gasteiger partial charge in [-0.3, -0.25) is 10.2 Å². The molecule has 1 saturated carbocycles. The minimum absolute atomic E-state index is 0.235. The quantitative estimate of drug-likeness (QED) is 0.494. The summed E-state index contributed by atoms with van der Waals surface area (Å²) in [4.78, 5) is 11.4. The Kier molecular flexibility index (Phi) is 5.20. The molecule has 1 amide bonds. The standard InChI is InChI=1S/C15H24N2O3/c1-3-11-5-4-6-13(7-11)19-9-12-8-14(15(18)17-16)20-10(12)2/h8,11,13H,3-7,9,16H2,1-2H3,(H,17,18). The van der Waals surface area contributed by atoms with E-state index in [0.29, 0.717) is 18.5 Å². The molecule has 1 aromatic rings. The van der Waals surface area contributed by atoms with Crippen LogP contribution in [-0.2, 0) is 11.3 Å². The Bertz CT molecular complexity index is 456. The van der Waals surface area contributed by atoms with Gasteiger partial charge in [-0.05, 0) is 31.7 Å². The molecule has 2 rings (SSSR count). The Balaban J connectivity index is 1.90. The van der Waals surface area contributed by atoms with Gasteiger partial charge in [-0.15, -0.1) is 0 Å². The third-order valence-electron chi connectivity index (χ3n) is 4.16. The monoisotopic (exact) mass is 280 g/mol. The summed E-state index contributed by atoms with van der Waals surface area (Å²) in [6.07, 6.45) is 6.39. The van der Waals surface area contributed by atoms with E-state index in [0.717, 1.165) is 24.3 Å². The first kappa shape index (κ1) is 15.1. The van der Waals surface area contributed by atoms with E-state index in [1.807, 2.05) is 6.92 Å². The van der Waals surface area contributed by atoms with E-state index in [1.165, 1.54) is 19.3 Å². The highest BCUT2D eigenvalue weighted by Crippen LogP contribution is 2.29. The summed E-state index contributed by atoms with van der Waals surface area (Å²) in [5, 5.41) is 0. The molecule has 0 radical (unpaired) electrons. The fourth-order valence-electron chi connectivity index (χ4n) is 2.82. The summed E-state index contributed by atoms with van der Waals surface area (Å²) in [6.45, 7) is 4.57. The summed E-state index contributed by atoms with van der Waals surface area (Å²) >= 11 is 0. The number of nitrogen functional groups attached to an aromatic ring is 1. The lowest BCUT2D eigenvalue weighted by molar-refractivity contribution is 0.00134. The van der Waals surface area contributed by atoms with Gasteiger partial charge in [-0.25, -0.2) is 5.84 Å². The first-order chi connectivity index (χ1) is 9.63. The number of furan rings is 1. The molecule has 112 valence electrons. The molecule has 0 saturated heterocycles. The summed E-state index contributed by atoms with van der Waals surface area (Å²) < 4.78 is 11.4. The number of ether oxygens (including phenoxy) is 1. The van der Waals surface area contributed by atoms with Gasteiger partial charge in [0, 0.05) is 5.56 Å². The Morgan fingerprint density at radius 3 is 3.05 bits per heavy atom. The van der Waals surface area contributed by atoms with E-state index in [9.17, 15) is 4.79 Å². The van der Waals surface area contributed by atoms with Crippen molar-refractivity contribution >= 4 is 5.91 Å². The second kappa shape index (κ2) is 6.90. The zero-order chi connectivity index (χ0) is 14.5. The number of nitrogens with one attached hydrogen (secondary N) is 1. The van der Waals surface area contributed by atoms with Gasteiger partial charge in [0.25, 0.3) is 0 Å². The predicted octanol–water partition coefficient (Wildman–Crippen LogP) is 2.68. The maximum atomic E-state index is 11.4. The van der Waals surface area contributed by atoms with Crippen LogP contribution in [0.4, 0.5) is 0 Å². The van der Waals surface area contributed by atoms with Gasteiger partial charge < -0.3 is 9.15 Å². The predicted molar refractivity (Wildman–Crippen MR) is 75.9 cm³/mol. The molecular weight excluding hydrogens is 256 g/mol. The molecule has 0 aliphatic heterocycles. The van der Waals surface area contributed by atoms with Crippen LogP contribution in [0, 0.1) is 12.8 Å². The van der Waals surface area contributed by atoms with Crippen molar-refractivity contribution in [1.82, 2.24) is 5.43 Å². The van der Waals surface area contributed by atoms with E-state index < -0.39 is 5.91 Å². The van der Waals surface area contributed by atoms with Crippen LogP contribution in [0.2, 0.25) is 0 Å².